The normalized spacial score (nSPS) is 9.64. The maximum absolute atomic E-state index is 5.10. The zero-order valence-electron chi connectivity index (χ0n) is 6.87. The Bertz CT molecular complexity index is 189. The molecule has 4 nitrogen and oxygen atoms in total. The molecule has 0 aliphatic carbocycles. The predicted molar refractivity (Wildman–Crippen MR) is 43.5 cm³/mol. The Morgan fingerprint density at radius 3 is 3.09 bits per heavy atom. The average Bonchev–Trinajstić information content (AvgIpc) is 2.38. The van der Waals surface area contributed by atoms with Crippen LogP contribution < -0.4 is 10.2 Å². The van der Waals surface area contributed by atoms with Crippen molar-refractivity contribution in [3.8, 4) is 0 Å². The van der Waals surface area contributed by atoms with Crippen molar-refractivity contribution in [2.24, 2.45) is 0 Å². The molecule has 0 bridgehead atoms. The van der Waals surface area contributed by atoms with E-state index in [1.807, 2.05) is 19.9 Å². The minimum absolute atomic E-state index is 0.632. The van der Waals surface area contributed by atoms with Gasteiger partial charge in [0.1, 0.15) is 6.61 Å². The van der Waals surface area contributed by atoms with Crippen LogP contribution in [0.1, 0.15) is 13.8 Å². The molecule has 4 heteroatoms. The van der Waals surface area contributed by atoms with E-state index in [1.54, 1.807) is 6.20 Å². The van der Waals surface area contributed by atoms with Crippen LogP contribution in [0.2, 0.25) is 0 Å². The standard InChI is InChI=1S/C7H13N3O/c1-3-8-7-5-6-10(9-7)11-4-2/h5-6H,3-4H2,1-2H3,(H,8,9). The van der Waals surface area contributed by atoms with Gasteiger partial charge in [0.25, 0.3) is 0 Å². The summed E-state index contributed by atoms with van der Waals surface area (Å²) in [5.74, 6) is 0.848. The van der Waals surface area contributed by atoms with Gasteiger partial charge in [-0.3, -0.25) is 0 Å². The third-order valence-electron chi connectivity index (χ3n) is 1.19. The maximum Gasteiger partial charge on any atom is 0.151 e. The first-order chi connectivity index (χ1) is 5.36. The molecule has 0 saturated heterocycles. The number of nitrogens with zero attached hydrogens (tertiary/aromatic N) is 2. The van der Waals surface area contributed by atoms with Crippen LogP contribution in [-0.4, -0.2) is 23.1 Å². The fourth-order valence-corrected chi connectivity index (χ4v) is 0.787. The summed E-state index contributed by atoms with van der Waals surface area (Å²) >= 11 is 0. The van der Waals surface area contributed by atoms with E-state index >= 15 is 0 Å². The van der Waals surface area contributed by atoms with Crippen molar-refractivity contribution >= 4 is 5.82 Å². The summed E-state index contributed by atoms with van der Waals surface area (Å²) in [5.41, 5.74) is 0. The van der Waals surface area contributed by atoms with Gasteiger partial charge in [0.2, 0.25) is 0 Å². The first-order valence-corrected chi connectivity index (χ1v) is 3.79. The van der Waals surface area contributed by atoms with Crippen molar-refractivity contribution < 1.29 is 4.84 Å². The van der Waals surface area contributed by atoms with Crippen molar-refractivity contribution in [3.05, 3.63) is 12.3 Å². The predicted octanol–water partition coefficient (Wildman–Crippen LogP) is 0.763. The SMILES string of the molecule is CCNc1ccn(OCC)n1. The fourth-order valence-electron chi connectivity index (χ4n) is 0.787. The summed E-state index contributed by atoms with van der Waals surface area (Å²) < 4.78 is 0. The van der Waals surface area contributed by atoms with Crippen LogP contribution in [0.3, 0.4) is 0 Å². The topological polar surface area (TPSA) is 39.1 Å². The van der Waals surface area contributed by atoms with E-state index in [0.29, 0.717) is 6.61 Å². The van der Waals surface area contributed by atoms with Gasteiger partial charge < -0.3 is 10.2 Å². The van der Waals surface area contributed by atoms with Crippen molar-refractivity contribution in [2.75, 3.05) is 18.5 Å². The van der Waals surface area contributed by atoms with Crippen LogP contribution in [0.15, 0.2) is 12.3 Å². The molecule has 1 rings (SSSR count). The Morgan fingerprint density at radius 2 is 2.45 bits per heavy atom. The summed E-state index contributed by atoms with van der Waals surface area (Å²) in [7, 11) is 0. The van der Waals surface area contributed by atoms with Gasteiger partial charge in [0.05, 0.1) is 6.20 Å². The second-order valence-electron chi connectivity index (χ2n) is 2.05. The molecule has 0 spiro atoms. The molecule has 0 aliphatic heterocycles. The molecule has 11 heavy (non-hydrogen) atoms. The van der Waals surface area contributed by atoms with Crippen molar-refractivity contribution in [1.29, 1.82) is 0 Å². The van der Waals surface area contributed by atoms with E-state index in [9.17, 15) is 0 Å². The van der Waals surface area contributed by atoms with Crippen LogP contribution in [0.4, 0.5) is 5.82 Å². The molecular formula is C7H13N3O. The van der Waals surface area contributed by atoms with Crippen LogP contribution in [-0.2, 0) is 0 Å². The van der Waals surface area contributed by atoms with Crippen molar-refractivity contribution in [3.63, 3.8) is 0 Å². The zero-order valence-corrected chi connectivity index (χ0v) is 6.87. The highest BCUT2D eigenvalue weighted by Crippen LogP contribution is 1.99. The molecule has 0 radical (unpaired) electrons. The lowest BCUT2D eigenvalue weighted by Crippen LogP contribution is -2.11. The smallest absolute Gasteiger partial charge is 0.151 e. The monoisotopic (exact) mass is 155 g/mol. The molecule has 0 aliphatic rings. The third kappa shape index (κ3) is 2.14. The van der Waals surface area contributed by atoms with E-state index < -0.39 is 0 Å². The lowest BCUT2D eigenvalue weighted by Gasteiger charge is -1.99. The van der Waals surface area contributed by atoms with Gasteiger partial charge in [-0.25, -0.2) is 0 Å². The second-order valence-corrected chi connectivity index (χ2v) is 2.05. The average molecular weight is 155 g/mol. The Hall–Kier alpha value is -1.19. The molecule has 1 N–H and O–H groups in total. The van der Waals surface area contributed by atoms with Gasteiger partial charge in [-0.15, -0.1) is 9.94 Å². The lowest BCUT2D eigenvalue weighted by molar-refractivity contribution is 0.0934. The number of anilines is 1. The van der Waals surface area contributed by atoms with Crippen LogP contribution >= 0.6 is 0 Å². The van der Waals surface area contributed by atoms with Gasteiger partial charge in [0, 0.05) is 12.6 Å². The fraction of sp³-hybridized carbons (Fsp3) is 0.571. The first kappa shape index (κ1) is 7.91. The van der Waals surface area contributed by atoms with E-state index in [-0.39, 0.29) is 0 Å². The van der Waals surface area contributed by atoms with Crippen LogP contribution in [0, 0.1) is 0 Å². The molecule has 0 amide bonds. The minimum Gasteiger partial charge on any atom is -0.397 e. The summed E-state index contributed by atoms with van der Waals surface area (Å²) in [4.78, 5) is 6.55. The second kappa shape index (κ2) is 3.85. The van der Waals surface area contributed by atoms with Gasteiger partial charge in [0.15, 0.2) is 5.82 Å². The third-order valence-corrected chi connectivity index (χ3v) is 1.19. The molecular weight excluding hydrogens is 142 g/mol. The Morgan fingerprint density at radius 1 is 1.64 bits per heavy atom. The zero-order chi connectivity index (χ0) is 8.10. The minimum atomic E-state index is 0.632. The molecule has 0 aromatic carbocycles. The largest absolute Gasteiger partial charge is 0.397 e. The Balaban J connectivity index is 2.51. The van der Waals surface area contributed by atoms with Gasteiger partial charge in [-0.2, -0.15) is 0 Å². The summed E-state index contributed by atoms with van der Waals surface area (Å²) in [6, 6.07) is 1.87. The van der Waals surface area contributed by atoms with E-state index in [1.165, 1.54) is 4.85 Å². The molecule has 0 unspecified atom stereocenters. The molecule has 1 aromatic rings. The molecule has 0 atom stereocenters. The Labute approximate surface area is 66.1 Å². The van der Waals surface area contributed by atoms with Crippen LogP contribution in [0.5, 0.6) is 0 Å². The number of hydrogen-bond donors (Lipinski definition) is 1. The van der Waals surface area contributed by atoms with Crippen molar-refractivity contribution in [2.45, 2.75) is 13.8 Å². The van der Waals surface area contributed by atoms with Gasteiger partial charge in [-0.1, -0.05) is 0 Å². The summed E-state index contributed by atoms with van der Waals surface area (Å²) in [5, 5.41) is 7.15. The molecule has 0 fully saturated rings. The first-order valence-electron chi connectivity index (χ1n) is 3.79. The summed E-state index contributed by atoms with van der Waals surface area (Å²) in [6.45, 7) is 5.46. The Kier molecular flexibility index (Phi) is 2.77. The molecule has 0 saturated carbocycles. The number of rotatable bonds is 4. The maximum atomic E-state index is 5.10. The number of nitrogens with one attached hydrogen (secondary N) is 1. The van der Waals surface area contributed by atoms with E-state index in [2.05, 4.69) is 10.4 Å². The highest BCUT2D eigenvalue weighted by molar-refractivity contribution is 5.31. The van der Waals surface area contributed by atoms with Crippen molar-refractivity contribution in [1.82, 2.24) is 9.94 Å². The molecule has 62 valence electrons. The van der Waals surface area contributed by atoms with E-state index in [0.717, 1.165) is 12.4 Å². The summed E-state index contributed by atoms with van der Waals surface area (Å²) in [6.07, 6.45) is 1.78. The van der Waals surface area contributed by atoms with E-state index in [4.69, 9.17) is 4.84 Å². The number of hydrogen-bond acceptors (Lipinski definition) is 3. The number of aromatic nitrogens is 2. The lowest BCUT2D eigenvalue weighted by atomic mass is 10.6. The molecule has 1 heterocycles. The van der Waals surface area contributed by atoms with Gasteiger partial charge in [-0.05, 0) is 13.8 Å². The van der Waals surface area contributed by atoms with Crippen LogP contribution in [0.25, 0.3) is 0 Å². The quantitative estimate of drug-likeness (QED) is 0.697. The highest BCUT2D eigenvalue weighted by Gasteiger charge is 1.94. The highest BCUT2D eigenvalue weighted by atomic mass is 16.7. The van der Waals surface area contributed by atoms with Gasteiger partial charge >= 0.3 is 0 Å². The molecule has 1 aromatic heterocycles.